The molecule has 2 aromatic carbocycles. The van der Waals surface area contributed by atoms with Gasteiger partial charge in [-0.1, -0.05) is 27.5 Å². The topological polar surface area (TPSA) is 76.4 Å². The first kappa shape index (κ1) is 17.7. The molecule has 1 amide bonds. The van der Waals surface area contributed by atoms with Crippen LogP contribution >= 0.6 is 27.5 Å². The van der Waals surface area contributed by atoms with Gasteiger partial charge in [0, 0.05) is 22.4 Å². The number of hydrogen-bond donors (Lipinski definition) is 2. The summed E-state index contributed by atoms with van der Waals surface area (Å²) in [7, 11) is 0. The van der Waals surface area contributed by atoms with Gasteiger partial charge in [0.1, 0.15) is 6.07 Å². The van der Waals surface area contributed by atoms with Crippen LogP contribution in [0.25, 0.3) is 0 Å². The van der Waals surface area contributed by atoms with Crippen LogP contribution in [0.15, 0.2) is 40.9 Å². The fourth-order valence-electron chi connectivity index (χ4n) is 2.83. The normalized spacial score (nSPS) is 13.9. The molecule has 1 heterocycles. The highest BCUT2D eigenvalue weighted by Gasteiger charge is 2.24. The van der Waals surface area contributed by atoms with Gasteiger partial charge in [-0.05, 0) is 48.4 Å². The summed E-state index contributed by atoms with van der Waals surface area (Å²) >= 11 is 9.40. The maximum absolute atomic E-state index is 12.2. The van der Waals surface area contributed by atoms with E-state index in [4.69, 9.17) is 16.9 Å². The lowest BCUT2D eigenvalue weighted by molar-refractivity contribution is -0.123. The number of hydrogen-bond acceptors (Lipinski definition) is 4. The SMILES string of the molecule is N#Cc1ccc(NC(=O)C(O)CN2CCc3cc(Br)ccc32)cc1Cl. The van der Waals surface area contributed by atoms with Crippen LogP contribution in [-0.4, -0.2) is 30.2 Å². The molecule has 0 saturated heterocycles. The smallest absolute Gasteiger partial charge is 0.255 e. The van der Waals surface area contributed by atoms with Gasteiger partial charge in [0.2, 0.25) is 0 Å². The van der Waals surface area contributed by atoms with Crippen LogP contribution in [0.3, 0.4) is 0 Å². The third kappa shape index (κ3) is 3.96. The molecule has 1 aliphatic heterocycles. The highest BCUT2D eigenvalue weighted by Crippen LogP contribution is 2.30. The van der Waals surface area contributed by atoms with Crippen LogP contribution in [0.5, 0.6) is 0 Å². The number of carbonyl (C=O) groups is 1. The molecule has 1 aliphatic rings. The minimum atomic E-state index is -1.18. The molecule has 0 aromatic heterocycles. The lowest BCUT2D eigenvalue weighted by Crippen LogP contribution is -2.39. The van der Waals surface area contributed by atoms with E-state index in [2.05, 4.69) is 27.3 Å². The fraction of sp³-hybridized carbons (Fsp3) is 0.222. The van der Waals surface area contributed by atoms with E-state index in [9.17, 15) is 9.90 Å². The van der Waals surface area contributed by atoms with Crippen LogP contribution in [0, 0.1) is 11.3 Å². The summed E-state index contributed by atoms with van der Waals surface area (Å²) in [5, 5.41) is 22.0. The van der Waals surface area contributed by atoms with Gasteiger partial charge in [-0.25, -0.2) is 0 Å². The minimum absolute atomic E-state index is 0.213. The number of fused-ring (bicyclic) bond motifs is 1. The zero-order valence-electron chi connectivity index (χ0n) is 13.2. The number of β-amino-alcohol motifs (C(OH)–C–C–N with tert-alkyl or cyclic N) is 1. The largest absolute Gasteiger partial charge is 0.381 e. The molecule has 1 atom stereocenters. The second kappa shape index (κ2) is 7.44. The summed E-state index contributed by atoms with van der Waals surface area (Å²) in [6.45, 7) is 0.975. The second-order valence-corrected chi connectivity index (χ2v) is 7.10. The first-order chi connectivity index (χ1) is 12.0. The number of benzene rings is 2. The number of nitrogens with zero attached hydrogens (tertiary/aromatic N) is 2. The Balaban J connectivity index is 1.64. The molecule has 0 fully saturated rings. The van der Waals surface area contributed by atoms with Crippen LogP contribution < -0.4 is 10.2 Å². The molecule has 25 heavy (non-hydrogen) atoms. The number of anilines is 2. The maximum atomic E-state index is 12.2. The zero-order valence-corrected chi connectivity index (χ0v) is 15.5. The molecular weight excluding hydrogens is 406 g/mol. The fourth-order valence-corrected chi connectivity index (χ4v) is 3.46. The van der Waals surface area contributed by atoms with E-state index in [-0.39, 0.29) is 11.6 Å². The number of nitrogens with one attached hydrogen (secondary N) is 1. The number of rotatable bonds is 4. The van der Waals surface area contributed by atoms with E-state index in [1.807, 2.05) is 23.1 Å². The maximum Gasteiger partial charge on any atom is 0.255 e. The van der Waals surface area contributed by atoms with Crippen molar-refractivity contribution in [1.82, 2.24) is 0 Å². The number of carbonyl (C=O) groups excluding carboxylic acids is 1. The number of aliphatic hydroxyl groups excluding tert-OH is 1. The quantitative estimate of drug-likeness (QED) is 0.795. The number of aliphatic hydroxyl groups is 1. The molecule has 3 rings (SSSR count). The van der Waals surface area contributed by atoms with E-state index in [0.717, 1.165) is 23.1 Å². The molecule has 128 valence electrons. The Labute approximate surface area is 159 Å². The molecule has 0 aliphatic carbocycles. The van der Waals surface area contributed by atoms with Gasteiger partial charge in [-0.15, -0.1) is 0 Å². The Morgan fingerprint density at radius 2 is 2.20 bits per heavy atom. The van der Waals surface area contributed by atoms with Crippen LogP contribution in [0.1, 0.15) is 11.1 Å². The molecule has 2 N–H and O–H groups in total. The van der Waals surface area contributed by atoms with E-state index in [1.54, 1.807) is 6.07 Å². The highest BCUT2D eigenvalue weighted by molar-refractivity contribution is 9.10. The molecule has 0 spiro atoms. The molecule has 0 radical (unpaired) electrons. The van der Waals surface area contributed by atoms with Crippen molar-refractivity contribution >= 4 is 44.8 Å². The molecule has 2 aromatic rings. The average Bonchev–Trinajstić information content (AvgIpc) is 2.97. The van der Waals surface area contributed by atoms with Crippen LogP contribution in [-0.2, 0) is 11.2 Å². The summed E-state index contributed by atoms with van der Waals surface area (Å²) in [5.74, 6) is -0.508. The van der Waals surface area contributed by atoms with Gasteiger partial charge in [0.25, 0.3) is 5.91 Å². The summed E-state index contributed by atoms with van der Waals surface area (Å²) in [4.78, 5) is 14.2. The van der Waals surface area contributed by atoms with Crippen LogP contribution in [0.2, 0.25) is 5.02 Å². The van der Waals surface area contributed by atoms with Crippen molar-refractivity contribution in [3.05, 3.63) is 57.0 Å². The molecule has 5 nitrogen and oxygen atoms in total. The van der Waals surface area contributed by atoms with Crippen molar-refractivity contribution in [2.75, 3.05) is 23.3 Å². The zero-order chi connectivity index (χ0) is 18.0. The molecule has 1 unspecified atom stereocenters. The second-order valence-electron chi connectivity index (χ2n) is 5.78. The summed E-state index contributed by atoms with van der Waals surface area (Å²) in [5.41, 5.74) is 3.01. The first-order valence-electron chi connectivity index (χ1n) is 7.70. The lowest BCUT2D eigenvalue weighted by Gasteiger charge is -2.22. The van der Waals surface area contributed by atoms with Crippen LogP contribution in [0.4, 0.5) is 11.4 Å². The van der Waals surface area contributed by atoms with Gasteiger partial charge in [0.05, 0.1) is 17.1 Å². The molecular formula is C18H15BrClN3O2. The van der Waals surface area contributed by atoms with Gasteiger partial charge in [-0.3, -0.25) is 4.79 Å². The number of halogens is 2. The lowest BCUT2D eigenvalue weighted by atomic mass is 10.2. The van der Waals surface area contributed by atoms with Crippen molar-refractivity contribution in [3.8, 4) is 6.07 Å². The molecule has 0 saturated carbocycles. The van der Waals surface area contributed by atoms with Gasteiger partial charge >= 0.3 is 0 Å². The standard InChI is InChI=1S/C18H15BrClN3O2/c19-13-2-4-16-11(7-13)5-6-23(16)10-17(24)18(25)22-14-3-1-12(9-21)15(20)8-14/h1-4,7-8,17,24H,5-6,10H2,(H,22,25). The van der Waals surface area contributed by atoms with Crippen molar-refractivity contribution in [2.45, 2.75) is 12.5 Å². The first-order valence-corrected chi connectivity index (χ1v) is 8.87. The van der Waals surface area contributed by atoms with E-state index in [1.165, 1.54) is 17.7 Å². The van der Waals surface area contributed by atoms with Crippen molar-refractivity contribution < 1.29 is 9.90 Å². The van der Waals surface area contributed by atoms with Gasteiger partial charge in [-0.2, -0.15) is 5.26 Å². The van der Waals surface area contributed by atoms with E-state index >= 15 is 0 Å². The van der Waals surface area contributed by atoms with Crippen molar-refractivity contribution in [1.29, 1.82) is 5.26 Å². The van der Waals surface area contributed by atoms with E-state index < -0.39 is 12.0 Å². The minimum Gasteiger partial charge on any atom is -0.381 e. The third-order valence-corrected chi connectivity index (χ3v) is 4.89. The monoisotopic (exact) mass is 419 g/mol. The average molecular weight is 421 g/mol. The molecule has 7 heteroatoms. The summed E-state index contributed by atoms with van der Waals surface area (Å²) in [6.07, 6.45) is -0.294. The third-order valence-electron chi connectivity index (χ3n) is 4.09. The summed E-state index contributed by atoms with van der Waals surface area (Å²) < 4.78 is 1.02. The van der Waals surface area contributed by atoms with E-state index in [0.29, 0.717) is 11.3 Å². The molecule has 0 bridgehead atoms. The van der Waals surface area contributed by atoms with Gasteiger partial charge < -0.3 is 15.3 Å². The predicted octanol–water partition coefficient (Wildman–Crippen LogP) is 3.34. The Kier molecular flexibility index (Phi) is 5.28. The van der Waals surface area contributed by atoms with Crippen molar-refractivity contribution in [2.24, 2.45) is 0 Å². The predicted molar refractivity (Wildman–Crippen MR) is 101 cm³/mol. The van der Waals surface area contributed by atoms with Gasteiger partial charge in [0.15, 0.2) is 6.10 Å². The number of amides is 1. The Morgan fingerprint density at radius 1 is 1.40 bits per heavy atom. The highest BCUT2D eigenvalue weighted by atomic mass is 79.9. The van der Waals surface area contributed by atoms with Crippen molar-refractivity contribution in [3.63, 3.8) is 0 Å². The number of nitriles is 1. The summed E-state index contributed by atoms with van der Waals surface area (Å²) in [6, 6.07) is 12.5. The Morgan fingerprint density at radius 3 is 2.92 bits per heavy atom. The Bertz CT molecular complexity index is 866. The Hall–Kier alpha value is -2.07.